The monoisotopic (exact) mass is 195 g/mol. The van der Waals surface area contributed by atoms with Crippen LogP contribution in [0.2, 0.25) is 0 Å². The smallest absolute Gasteiger partial charge is 0.133 e. The Balaban J connectivity index is 2.06. The van der Waals surface area contributed by atoms with E-state index < -0.39 is 0 Å². The second-order valence-corrected chi connectivity index (χ2v) is 4.41. The molecule has 70 valence electrons. The van der Waals surface area contributed by atoms with Gasteiger partial charge in [-0.3, -0.25) is 4.79 Å². The fourth-order valence-corrected chi connectivity index (χ4v) is 3.10. The predicted octanol–water partition coefficient (Wildman–Crippen LogP) is 2.09. The van der Waals surface area contributed by atoms with Crippen molar-refractivity contribution in [2.45, 2.75) is 32.2 Å². The number of carbonyl (C=O) groups excluding carboxylic acids is 1. The van der Waals surface area contributed by atoms with E-state index >= 15 is 0 Å². The molecule has 0 radical (unpaired) electrons. The minimum absolute atomic E-state index is 0.321. The average molecular weight is 195 g/mol. The highest BCUT2D eigenvalue weighted by Gasteiger charge is 2.47. The largest absolute Gasteiger partial charge is 0.300 e. The summed E-state index contributed by atoms with van der Waals surface area (Å²) in [7, 11) is 0. The van der Waals surface area contributed by atoms with E-state index in [9.17, 15) is 4.79 Å². The summed E-state index contributed by atoms with van der Waals surface area (Å²) in [5, 5.41) is 2.46. The standard InChI is InChI=1S/C10H13NOS/c1-6(12)9-3-8-2-7(9)4-10(8)11-5-13/h7-10H,2-4H2,1H3/t7?,8?,9-,10?/m0/s1. The Hall–Kier alpha value is -0.530. The third-order valence-electron chi connectivity index (χ3n) is 3.56. The van der Waals surface area contributed by atoms with Gasteiger partial charge in [0.05, 0.1) is 11.2 Å². The molecular formula is C10H13NOS. The molecule has 0 aromatic carbocycles. The molecule has 2 fully saturated rings. The first-order valence-corrected chi connectivity index (χ1v) is 5.20. The molecule has 2 saturated carbocycles. The molecule has 2 aliphatic rings. The maximum absolute atomic E-state index is 11.2. The zero-order valence-electron chi connectivity index (χ0n) is 7.69. The molecule has 0 aromatic rings. The lowest BCUT2D eigenvalue weighted by atomic mass is 9.84. The van der Waals surface area contributed by atoms with Gasteiger partial charge in [-0.25, -0.2) is 4.99 Å². The highest BCUT2D eigenvalue weighted by molar-refractivity contribution is 7.78. The van der Waals surface area contributed by atoms with Gasteiger partial charge in [0.25, 0.3) is 0 Å². The van der Waals surface area contributed by atoms with Crippen LogP contribution in [-0.4, -0.2) is 17.0 Å². The third kappa shape index (κ3) is 1.47. The summed E-state index contributed by atoms with van der Waals surface area (Å²) >= 11 is 4.60. The fraction of sp³-hybridized carbons (Fsp3) is 0.800. The first-order valence-electron chi connectivity index (χ1n) is 4.79. The van der Waals surface area contributed by atoms with Gasteiger partial charge in [0.1, 0.15) is 5.78 Å². The van der Waals surface area contributed by atoms with Gasteiger partial charge < -0.3 is 0 Å². The minimum atomic E-state index is 0.321. The molecule has 0 aliphatic heterocycles. The molecule has 13 heavy (non-hydrogen) atoms. The molecule has 3 unspecified atom stereocenters. The van der Waals surface area contributed by atoms with Gasteiger partial charge in [0, 0.05) is 5.92 Å². The van der Waals surface area contributed by atoms with E-state index in [0.717, 1.165) is 12.8 Å². The Kier molecular flexibility index (Phi) is 2.31. The molecule has 2 bridgehead atoms. The Morgan fingerprint density at radius 3 is 2.62 bits per heavy atom. The minimum Gasteiger partial charge on any atom is -0.300 e. The van der Waals surface area contributed by atoms with Crippen molar-refractivity contribution >= 4 is 23.2 Å². The SMILES string of the molecule is CC(=O)[C@@H]1CC2CC1CC2N=C=S. The van der Waals surface area contributed by atoms with Crippen LogP contribution in [0.1, 0.15) is 26.2 Å². The van der Waals surface area contributed by atoms with Crippen molar-refractivity contribution in [2.24, 2.45) is 22.7 Å². The van der Waals surface area contributed by atoms with Crippen LogP contribution in [0.25, 0.3) is 0 Å². The van der Waals surface area contributed by atoms with E-state index in [1.165, 1.54) is 6.42 Å². The fourth-order valence-electron chi connectivity index (χ4n) is 2.97. The van der Waals surface area contributed by atoms with E-state index in [2.05, 4.69) is 22.4 Å². The summed E-state index contributed by atoms with van der Waals surface area (Å²) < 4.78 is 0. The quantitative estimate of drug-likeness (QED) is 0.499. The van der Waals surface area contributed by atoms with E-state index in [1.54, 1.807) is 6.92 Å². The number of ketones is 1. The zero-order valence-corrected chi connectivity index (χ0v) is 8.51. The van der Waals surface area contributed by atoms with Crippen molar-refractivity contribution in [1.29, 1.82) is 0 Å². The molecule has 0 saturated heterocycles. The van der Waals surface area contributed by atoms with Crippen LogP contribution in [0.3, 0.4) is 0 Å². The van der Waals surface area contributed by atoms with Crippen molar-refractivity contribution in [1.82, 2.24) is 0 Å². The molecule has 2 rings (SSSR count). The Morgan fingerprint density at radius 1 is 1.38 bits per heavy atom. The second kappa shape index (κ2) is 3.32. The van der Waals surface area contributed by atoms with Crippen LogP contribution in [0.4, 0.5) is 0 Å². The van der Waals surface area contributed by atoms with E-state index in [4.69, 9.17) is 0 Å². The molecule has 2 aliphatic carbocycles. The molecule has 0 aromatic heterocycles. The second-order valence-electron chi connectivity index (χ2n) is 4.23. The van der Waals surface area contributed by atoms with Crippen molar-refractivity contribution in [3.8, 4) is 0 Å². The molecular weight excluding hydrogens is 182 g/mol. The molecule has 0 amide bonds. The van der Waals surface area contributed by atoms with Crippen LogP contribution in [0, 0.1) is 17.8 Å². The van der Waals surface area contributed by atoms with Crippen LogP contribution in [0.5, 0.6) is 0 Å². The highest BCUT2D eigenvalue weighted by Crippen LogP contribution is 2.49. The molecule has 4 atom stereocenters. The predicted molar refractivity (Wildman–Crippen MR) is 53.8 cm³/mol. The summed E-state index contributed by atoms with van der Waals surface area (Å²) in [5.74, 6) is 1.87. The summed E-state index contributed by atoms with van der Waals surface area (Å²) in [4.78, 5) is 15.4. The van der Waals surface area contributed by atoms with Gasteiger partial charge in [0.2, 0.25) is 0 Å². The summed E-state index contributed by atoms with van der Waals surface area (Å²) in [6.45, 7) is 1.71. The first kappa shape index (κ1) is 9.04. The lowest BCUT2D eigenvalue weighted by Crippen LogP contribution is -2.24. The zero-order chi connectivity index (χ0) is 9.42. The number of thiocarbonyl (C=S) groups is 1. The van der Waals surface area contributed by atoms with Crippen LogP contribution in [0.15, 0.2) is 4.99 Å². The Bertz CT molecular complexity index is 269. The summed E-state index contributed by atoms with van der Waals surface area (Å²) in [5.41, 5.74) is 0. The number of Topliss-reactive ketones (excluding diaryl/α,β-unsaturated/α-hetero) is 1. The average Bonchev–Trinajstić information content (AvgIpc) is 2.62. The molecule has 0 N–H and O–H groups in total. The van der Waals surface area contributed by atoms with Crippen molar-refractivity contribution in [3.05, 3.63) is 0 Å². The maximum atomic E-state index is 11.2. The number of nitrogens with zero attached hydrogens (tertiary/aromatic N) is 1. The number of hydrogen-bond donors (Lipinski definition) is 0. The number of fused-ring (bicyclic) bond motifs is 2. The van der Waals surface area contributed by atoms with E-state index in [1.807, 2.05) is 0 Å². The van der Waals surface area contributed by atoms with Crippen molar-refractivity contribution < 1.29 is 4.79 Å². The van der Waals surface area contributed by atoms with Gasteiger partial charge in [0.15, 0.2) is 0 Å². The molecule has 0 heterocycles. The van der Waals surface area contributed by atoms with Gasteiger partial charge in [-0.15, -0.1) is 0 Å². The molecule has 2 nitrogen and oxygen atoms in total. The van der Waals surface area contributed by atoms with Gasteiger partial charge in [-0.1, -0.05) is 0 Å². The summed E-state index contributed by atoms with van der Waals surface area (Å²) in [6, 6.07) is 0.373. The lowest BCUT2D eigenvalue weighted by molar-refractivity contribution is -0.122. The molecule has 0 spiro atoms. The first-order chi connectivity index (χ1) is 6.22. The highest BCUT2D eigenvalue weighted by atomic mass is 32.1. The number of aliphatic imine (C=N–C) groups is 1. The van der Waals surface area contributed by atoms with Gasteiger partial charge >= 0.3 is 0 Å². The Morgan fingerprint density at radius 2 is 2.15 bits per heavy atom. The number of rotatable bonds is 2. The number of carbonyl (C=O) groups is 1. The van der Waals surface area contributed by atoms with Crippen LogP contribution >= 0.6 is 12.2 Å². The van der Waals surface area contributed by atoms with E-state index in [0.29, 0.717) is 29.6 Å². The van der Waals surface area contributed by atoms with Crippen molar-refractivity contribution in [2.75, 3.05) is 0 Å². The number of isothiocyanates is 1. The normalized spacial score (nSPS) is 41.6. The van der Waals surface area contributed by atoms with E-state index in [-0.39, 0.29) is 0 Å². The maximum Gasteiger partial charge on any atom is 0.133 e. The molecule has 3 heteroatoms. The lowest BCUT2D eigenvalue weighted by Gasteiger charge is -2.22. The van der Waals surface area contributed by atoms with Crippen LogP contribution in [-0.2, 0) is 4.79 Å². The van der Waals surface area contributed by atoms with Crippen LogP contribution < -0.4 is 0 Å². The third-order valence-corrected chi connectivity index (χ3v) is 3.67. The summed E-state index contributed by atoms with van der Waals surface area (Å²) in [6.07, 6.45) is 3.26. The van der Waals surface area contributed by atoms with Gasteiger partial charge in [-0.05, 0) is 50.2 Å². The topological polar surface area (TPSA) is 29.4 Å². The Labute approximate surface area is 83.4 Å². The van der Waals surface area contributed by atoms with Gasteiger partial charge in [-0.2, -0.15) is 0 Å². The van der Waals surface area contributed by atoms with Crippen molar-refractivity contribution in [3.63, 3.8) is 0 Å². The number of hydrogen-bond acceptors (Lipinski definition) is 3.